The van der Waals surface area contributed by atoms with Crippen molar-refractivity contribution in [3.8, 4) is 0 Å². The van der Waals surface area contributed by atoms with Crippen LogP contribution in [0.25, 0.3) is 0 Å². The maximum atomic E-state index is 10.8. The summed E-state index contributed by atoms with van der Waals surface area (Å²) >= 11 is 3.42. The molecule has 1 aliphatic carbocycles. The highest BCUT2D eigenvalue weighted by molar-refractivity contribution is 9.09. The Labute approximate surface area is 70.3 Å². The summed E-state index contributed by atoms with van der Waals surface area (Å²) in [5.41, 5.74) is 0. The summed E-state index contributed by atoms with van der Waals surface area (Å²) in [7, 11) is 0. The third-order valence-electron chi connectivity index (χ3n) is 2.18. The van der Waals surface area contributed by atoms with Crippen LogP contribution in [0.4, 0.5) is 0 Å². The van der Waals surface area contributed by atoms with E-state index in [9.17, 15) is 4.79 Å². The standard InChI is InChI=1S/C8H13BrO/c9-6-5-7-1-3-8(10)4-2-7/h7H,1-6H2. The molecule has 0 spiro atoms. The second kappa shape index (κ2) is 4.12. The zero-order valence-corrected chi connectivity index (χ0v) is 7.69. The van der Waals surface area contributed by atoms with E-state index in [0.29, 0.717) is 5.78 Å². The molecular weight excluding hydrogens is 192 g/mol. The normalized spacial score (nSPS) is 21.5. The van der Waals surface area contributed by atoms with Crippen LogP contribution in [0.5, 0.6) is 0 Å². The Hall–Kier alpha value is 0.150. The van der Waals surface area contributed by atoms with Gasteiger partial charge in [-0.1, -0.05) is 15.9 Å². The molecule has 0 amide bonds. The highest BCUT2D eigenvalue weighted by Crippen LogP contribution is 2.24. The molecule has 0 saturated heterocycles. The van der Waals surface area contributed by atoms with Crippen molar-refractivity contribution in [2.24, 2.45) is 5.92 Å². The predicted octanol–water partition coefficient (Wildman–Crippen LogP) is 2.53. The van der Waals surface area contributed by atoms with Gasteiger partial charge in [-0.2, -0.15) is 0 Å². The van der Waals surface area contributed by atoms with Gasteiger partial charge in [0.1, 0.15) is 5.78 Å². The van der Waals surface area contributed by atoms with Gasteiger partial charge < -0.3 is 0 Å². The van der Waals surface area contributed by atoms with Crippen LogP contribution in [0.1, 0.15) is 32.1 Å². The largest absolute Gasteiger partial charge is 0.300 e. The van der Waals surface area contributed by atoms with Gasteiger partial charge in [0.25, 0.3) is 0 Å². The zero-order chi connectivity index (χ0) is 7.40. The quantitative estimate of drug-likeness (QED) is 0.633. The molecule has 0 aromatic carbocycles. The lowest BCUT2D eigenvalue weighted by Gasteiger charge is -2.19. The van der Waals surface area contributed by atoms with Crippen molar-refractivity contribution in [2.75, 3.05) is 5.33 Å². The Kier molecular flexibility index (Phi) is 3.40. The average Bonchev–Trinajstić information content (AvgIpc) is 1.95. The van der Waals surface area contributed by atoms with Crippen LogP contribution in [0, 0.1) is 5.92 Å². The molecule has 1 rings (SSSR count). The van der Waals surface area contributed by atoms with E-state index in [1.165, 1.54) is 6.42 Å². The summed E-state index contributed by atoms with van der Waals surface area (Å²) < 4.78 is 0. The molecule has 1 saturated carbocycles. The van der Waals surface area contributed by atoms with Crippen molar-refractivity contribution in [3.63, 3.8) is 0 Å². The molecule has 58 valence electrons. The lowest BCUT2D eigenvalue weighted by molar-refractivity contribution is -0.121. The Bertz CT molecular complexity index is 112. The first-order valence-electron chi connectivity index (χ1n) is 3.90. The fraction of sp³-hybridized carbons (Fsp3) is 0.875. The highest BCUT2D eigenvalue weighted by atomic mass is 79.9. The molecule has 0 atom stereocenters. The van der Waals surface area contributed by atoms with E-state index < -0.39 is 0 Å². The van der Waals surface area contributed by atoms with Gasteiger partial charge >= 0.3 is 0 Å². The Morgan fingerprint density at radius 2 is 2.00 bits per heavy atom. The maximum absolute atomic E-state index is 10.8. The van der Waals surface area contributed by atoms with E-state index in [1.54, 1.807) is 0 Å². The number of carbonyl (C=O) groups excluding carboxylic acids is 1. The number of halogens is 1. The fourth-order valence-corrected chi connectivity index (χ4v) is 2.09. The first-order valence-corrected chi connectivity index (χ1v) is 5.02. The van der Waals surface area contributed by atoms with Crippen LogP contribution in [0.3, 0.4) is 0 Å². The molecule has 0 bridgehead atoms. The van der Waals surface area contributed by atoms with Crippen molar-refractivity contribution in [1.29, 1.82) is 0 Å². The molecule has 0 heterocycles. The SMILES string of the molecule is O=C1CCC(CCBr)CC1. The summed E-state index contributed by atoms with van der Waals surface area (Å²) in [6.07, 6.45) is 5.16. The second-order valence-electron chi connectivity index (χ2n) is 2.96. The van der Waals surface area contributed by atoms with Crippen LogP contribution in [0.15, 0.2) is 0 Å². The van der Waals surface area contributed by atoms with Crippen LogP contribution in [-0.4, -0.2) is 11.1 Å². The Balaban J connectivity index is 2.19. The summed E-state index contributed by atoms with van der Waals surface area (Å²) in [5.74, 6) is 1.28. The molecule has 0 radical (unpaired) electrons. The van der Waals surface area contributed by atoms with Crippen LogP contribution < -0.4 is 0 Å². The van der Waals surface area contributed by atoms with E-state index in [2.05, 4.69) is 15.9 Å². The molecule has 0 unspecified atom stereocenters. The van der Waals surface area contributed by atoms with E-state index in [-0.39, 0.29) is 0 Å². The van der Waals surface area contributed by atoms with Crippen molar-refractivity contribution in [1.82, 2.24) is 0 Å². The monoisotopic (exact) mass is 204 g/mol. The van der Waals surface area contributed by atoms with Gasteiger partial charge in [-0.25, -0.2) is 0 Å². The summed E-state index contributed by atoms with van der Waals surface area (Å²) in [4.78, 5) is 10.8. The number of rotatable bonds is 2. The number of carbonyl (C=O) groups is 1. The minimum absolute atomic E-state index is 0.464. The molecule has 0 aliphatic heterocycles. The van der Waals surface area contributed by atoms with E-state index in [1.807, 2.05) is 0 Å². The number of Topliss-reactive ketones (excluding diaryl/α,β-unsaturated/α-hetero) is 1. The molecular formula is C8H13BrO. The first-order chi connectivity index (χ1) is 4.83. The molecule has 0 N–H and O–H groups in total. The number of alkyl halides is 1. The molecule has 0 aromatic heterocycles. The molecule has 10 heavy (non-hydrogen) atoms. The first kappa shape index (κ1) is 8.25. The van der Waals surface area contributed by atoms with Crippen molar-refractivity contribution >= 4 is 21.7 Å². The predicted molar refractivity (Wildman–Crippen MR) is 45.4 cm³/mol. The van der Waals surface area contributed by atoms with Crippen molar-refractivity contribution in [2.45, 2.75) is 32.1 Å². The highest BCUT2D eigenvalue weighted by Gasteiger charge is 2.17. The Morgan fingerprint density at radius 3 is 2.50 bits per heavy atom. The number of ketones is 1. The zero-order valence-electron chi connectivity index (χ0n) is 6.11. The minimum Gasteiger partial charge on any atom is -0.300 e. The third-order valence-corrected chi connectivity index (χ3v) is 2.64. The van der Waals surface area contributed by atoms with Crippen LogP contribution >= 0.6 is 15.9 Å². The lowest BCUT2D eigenvalue weighted by Crippen LogP contribution is -2.13. The molecule has 1 nitrogen and oxygen atoms in total. The van der Waals surface area contributed by atoms with Crippen molar-refractivity contribution in [3.05, 3.63) is 0 Å². The minimum atomic E-state index is 0.464. The van der Waals surface area contributed by atoms with Crippen molar-refractivity contribution < 1.29 is 4.79 Å². The van der Waals surface area contributed by atoms with Gasteiger partial charge in [-0.05, 0) is 25.2 Å². The lowest BCUT2D eigenvalue weighted by atomic mass is 9.87. The summed E-state index contributed by atoms with van der Waals surface area (Å²) in [6, 6.07) is 0. The number of hydrogen-bond acceptors (Lipinski definition) is 1. The second-order valence-corrected chi connectivity index (χ2v) is 3.75. The van der Waals surface area contributed by atoms with Gasteiger partial charge in [0.2, 0.25) is 0 Å². The summed E-state index contributed by atoms with van der Waals surface area (Å²) in [5, 5.41) is 1.09. The van der Waals surface area contributed by atoms with Gasteiger partial charge in [0.05, 0.1) is 0 Å². The molecule has 1 aliphatic rings. The topological polar surface area (TPSA) is 17.1 Å². The third kappa shape index (κ3) is 2.41. The number of hydrogen-bond donors (Lipinski definition) is 0. The van der Waals surface area contributed by atoms with Crippen LogP contribution in [-0.2, 0) is 4.79 Å². The van der Waals surface area contributed by atoms with Gasteiger partial charge in [-0.3, -0.25) is 4.79 Å². The van der Waals surface area contributed by atoms with E-state index in [0.717, 1.165) is 36.9 Å². The average molecular weight is 205 g/mol. The molecule has 1 fully saturated rings. The molecule has 2 heteroatoms. The van der Waals surface area contributed by atoms with Crippen LogP contribution in [0.2, 0.25) is 0 Å². The van der Waals surface area contributed by atoms with Gasteiger partial charge in [-0.15, -0.1) is 0 Å². The maximum Gasteiger partial charge on any atom is 0.132 e. The summed E-state index contributed by atoms with van der Waals surface area (Å²) in [6.45, 7) is 0. The van der Waals surface area contributed by atoms with E-state index in [4.69, 9.17) is 0 Å². The van der Waals surface area contributed by atoms with E-state index >= 15 is 0 Å². The van der Waals surface area contributed by atoms with Gasteiger partial charge in [0.15, 0.2) is 0 Å². The molecule has 0 aromatic rings. The Morgan fingerprint density at radius 1 is 1.40 bits per heavy atom. The fourth-order valence-electron chi connectivity index (χ4n) is 1.44. The van der Waals surface area contributed by atoms with Gasteiger partial charge in [0, 0.05) is 18.2 Å². The smallest absolute Gasteiger partial charge is 0.132 e.